The van der Waals surface area contributed by atoms with Gasteiger partial charge in [0, 0.05) is 16.3 Å². The van der Waals surface area contributed by atoms with Gasteiger partial charge < -0.3 is 19.1 Å². The number of pyridine rings is 2. The molecule has 1 atom stereocenters. The summed E-state index contributed by atoms with van der Waals surface area (Å²) >= 11 is 3.41. The number of aliphatic hydroxyl groups is 1. The molecule has 8 heteroatoms. The van der Waals surface area contributed by atoms with Crippen molar-refractivity contribution in [3.63, 3.8) is 0 Å². The van der Waals surface area contributed by atoms with E-state index in [2.05, 4.69) is 15.9 Å². The molecule has 0 aliphatic carbocycles. The highest BCUT2D eigenvalue weighted by Gasteiger charge is 2.39. The van der Waals surface area contributed by atoms with Crippen LogP contribution in [0.2, 0.25) is 0 Å². The average molecular weight is 513 g/mol. The van der Waals surface area contributed by atoms with Crippen LogP contribution in [0, 0.1) is 6.92 Å². The number of esters is 1. The van der Waals surface area contributed by atoms with Crippen molar-refractivity contribution in [2.45, 2.75) is 51.9 Å². The summed E-state index contributed by atoms with van der Waals surface area (Å²) in [7, 11) is 0. The molecule has 7 nitrogen and oxygen atoms in total. The Balaban J connectivity index is 1.66. The second-order valence-corrected chi connectivity index (χ2v) is 9.46. The van der Waals surface area contributed by atoms with Crippen LogP contribution in [0.1, 0.15) is 48.4 Å². The Labute approximate surface area is 199 Å². The van der Waals surface area contributed by atoms with Crippen molar-refractivity contribution < 1.29 is 19.4 Å². The van der Waals surface area contributed by atoms with Gasteiger partial charge in [-0.15, -0.1) is 0 Å². The van der Waals surface area contributed by atoms with Crippen LogP contribution < -0.4 is 10.3 Å². The van der Waals surface area contributed by atoms with Gasteiger partial charge in [-0.05, 0) is 55.2 Å². The fraction of sp³-hybridized carbons (Fsp3) is 0.400. The molecule has 33 heavy (non-hydrogen) atoms. The number of nitrogens with zero attached hydrogens (tertiary/aromatic N) is 2. The molecule has 0 spiro atoms. The number of benzene rings is 1. The van der Waals surface area contributed by atoms with E-state index in [1.165, 1.54) is 0 Å². The summed E-state index contributed by atoms with van der Waals surface area (Å²) in [5.41, 5.74) is 3.38. The number of aryl methyl sites for hydroxylation is 1. The summed E-state index contributed by atoms with van der Waals surface area (Å²) in [5, 5.41) is 13.1. The van der Waals surface area contributed by atoms with Gasteiger partial charge in [-0.2, -0.15) is 0 Å². The smallest absolute Gasteiger partial charge is 0.309 e. The molecule has 0 saturated carbocycles. The summed E-state index contributed by atoms with van der Waals surface area (Å²) in [5.74, 6) is 0.289. The zero-order chi connectivity index (χ0) is 23.3. The first-order valence-electron chi connectivity index (χ1n) is 11.1. The highest BCUT2D eigenvalue weighted by Crippen LogP contribution is 2.40. The topological polar surface area (TPSA) is 90.7 Å². The van der Waals surface area contributed by atoms with Crippen LogP contribution in [0.15, 0.2) is 29.1 Å². The summed E-state index contributed by atoms with van der Waals surface area (Å²) in [6.45, 7) is 4.73. The lowest BCUT2D eigenvalue weighted by Gasteiger charge is -2.26. The lowest BCUT2D eigenvalue weighted by molar-refractivity contribution is -0.149. The zero-order valence-electron chi connectivity index (χ0n) is 18.6. The molecule has 0 saturated heterocycles. The number of carbonyl (C=O) groups is 1. The fourth-order valence-electron chi connectivity index (χ4n) is 4.79. The maximum atomic E-state index is 13.5. The van der Waals surface area contributed by atoms with E-state index in [9.17, 15) is 14.7 Å². The molecule has 0 radical (unpaired) electrons. The monoisotopic (exact) mass is 512 g/mol. The first-order valence-corrected chi connectivity index (χ1v) is 12.3. The van der Waals surface area contributed by atoms with Gasteiger partial charge in [0.2, 0.25) is 0 Å². The molecule has 4 heterocycles. The van der Waals surface area contributed by atoms with Crippen molar-refractivity contribution in [1.82, 2.24) is 9.55 Å². The minimum atomic E-state index is -1.44. The van der Waals surface area contributed by atoms with Gasteiger partial charge in [-0.1, -0.05) is 22.9 Å². The van der Waals surface area contributed by atoms with Crippen LogP contribution in [-0.4, -0.2) is 32.6 Å². The molecule has 3 aromatic rings. The van der Waals surface area contributed by atoms with Crippen molar-refractivity contribution in [3.05, 3.63) is 56.9 Å². The van der Waals surface area contributed by atoms with Crippen LogP contribution in [0.25, 0.3) is 22.3 Å². The molecule has 1 aromatic carbocycles. The summed E-state index contributed by atoms with van der Waals surface area (Å²) in [4.78, 5) is 30.4. The van der Waals surface area contributed by atoms with Crippen LogP contribution in [0.3, 0.4) is 0 Å². The first kappa shape index (κ1) is 22.1. The molecule has 5 rings (SSSR count). The highest BCUT2D eigenvalue weighted by atomic mass is 79.9. The number of cyclic esters (lactones) is 1. The molecule has 2 aliphatic heterocycles. The number of hydrogen-bond acceptors (Lipinski definition) is 6. The molecule has 0 bridgehead atoms. The van der Waals surface area contributed by atoms with E-state index in [4.69, 9.17) is 14.5 Å². The number of ether oxygens (including phenoxy) is 2. The van der Waals surface area contributed by atoms with Crippen molar-refractivity contribution in [2.24, 2.45) is 0 Å². The Morgan fingerprint density at radius 3 is 2.85 bits per heavy atom. The highest BCUT2D eigenvalue weighted by molar-refractivity contribution is 9.09. The maximum Gasteiger partial charge on any atom is 0.309 e. The van der Waals surface area contributed by atoms with Crippen molar-refractivity contribution in [3.8, 4) is 17.1 Å². The van der Waals surface area contributed by atoms with Crippen LogP contribution in [-0.2, 0) is 28.3 Å². The van der Waals surface area contributed by atoms with Crippen LogP contribution in [0.5, 0.6) is 5.75 Å². The van der Waals surface area contributed by atoms with E-state index in [0.29, 0.717) is 36.4 Å². The van der Waals surface area contributed by atoms with E-state index in [1.807, 2.05) is 31.2 Å². The van der Waals surface area contributed by atoms with Crippen LogP contribution in [0.4, 0.5) is 0 Å². The molecular weight excluding hydrogens is 488 g/mol. The second-order valence-electron chi connectivity index (χ2n) is 8.67. The Morgan fingerprint density at radius 1 is 1.27 bits per heavy atom. The average Bonchev–Trinajstić information content (AvgIpc) is 3.11. The number of aromatic nitrogens is 2. The normalized spacial score (nSPS) is 19.0. The number of fused-ring (bicyclic) bond motifs is 5. The van der Waals surface area contributed by atoms with Gasteiger partial charge in [0.15, 0.2) is 0 Å². The summed E-state index contributed by atoms with van der Waals surface area (Å²) in [6, 6.07) is 7.67. The molecule has 0 fully saturated rings. The fourth-order valence-corrected chi connectivity index (χ4v) is 5.02. The van der Waals surface area contributed by atoms with E-state index in [1.54, 1.807) is 11.5 Å². The summed E-state index contributed by atoms with van der Waals surface area (Å²) < 4.78 is 12.8. The van der Waals surface area contributed by atoms with Gasteiger partial charge >= 0.3 is 5.97 Å². The predicted octanol–water partition coefficient (Wildman–Crippen LogP) is 3.94. The predicted molar refractivity (Wildman–Crippen MR) is 128 cm³/mol. The van der Waals surface area contributed by atoms with Gasteiger partial charge in [0.05, 0.1) is 42.0 Å². The number of hydrogen-bond donors (Lipinski definition) is 1. The van der Waals surface area contributed by atoms with Gasteiger partial charge in [0.25, 0.3) is 5.56 Å². The molecule has 2 aliphatic rings. The largest absolute Gasteiger partial charge is 0.494 e. The lowest BCUT2D eigenvalue weighted by atomic mass is 9.85. The quantitative estimate of drug-likeness (QED) is 0.247. The van der Waals surface area contributed by atoms with Gasteiger partial charge in [-0.25, -0.2) is 4.98 Å². The minimum Gasteiger partial charge on any atom is -0.494 e. The number of carbonyl (C=O) groups excluding carboxylic acids is 1. The number of rotatable bonds is 5. The van der Waals surface area contributed by atoms with Crippen LogP contribution >= 0.6 is 15.9 Å². The standard InChI is InChI=1S/C25H25BrN2O5/c1-3-25(31)11-22(29)33-13-18-19(25)10-21-23-17(12-28(21)24(18)30)14(2)16-9-15(32-8-4-7-26)5-6-20(16)27-23/h5-6,9-10,31H,3-4,7-8,11-13H2,1-2H3. The zero-order valence-corrected chi connectivity index (χ0v) is 20.2. The third-order valence-electron chi connectivity index (χ3n) is 6.75. The third-order valence-corrected chi connectivity index (χ3v) is 7.31. The Kier molecular flexibility index (Phi) is 5.53. The number of halogens is 1. The van der Waals surface area contributed by atoms with Crippen molar-refractivity contribution in [1.29, 1.82) is 0 Å². The van der Waals surface area contributed by atoms with E-state index in [0.717, 1.165) is 45.2 Å². The van der Waals surface area contributed by atoms with Gasteiger partial charge in [0.1, 0.15) is 18.0 Å². The molecule has 172 valence electrons. The molecule has 2 aromatic heterocycles. The summed E-state index contributed by atoms with van der Waals surface area (Å²) in [6.07, 6.45) is 1.04. The minimum absolute atomic E-state index is 0.130. The first-order chi connectivity index (χ1) is 15.9. The lowest BCUT2D eigenvalue weighted by Crippen LogP contribution is -2.32. The van der Waals surface area contributed by atoms with E-state index >= 15 is 0 Å². The van der Waals surface area contributed by atoms with E-state index in [-0.39, 0.29) is 18.6 Å². The Hall–Kier alpha value is -2.71. The van der Waals surface area contributed by atoms with Crippen molar-refractivity contribution in [2.75, 3.05) is 11.9 Å². The molecule has 1 unspecified atom stereocenters. The van der Waals surface area contributed by atoms with E-state index < -0.39 is 11.6 Å². The van der Waals surface area contributed by atoms with Crippen molar-refractivity contribution >= 4 is 32.8 Å². The SMILES string of the molecule is CCC1(O)CC(=O)OCc2c1cc1n(c2=O)Cc2c-1nc1ccc(OCCCBr)cc1c2C. The Morgan fingerprint density at radius 2 is 2.09 bits per heavy atom. The maximum absolute atomic E-state index is 13.5. The number of alkyl halides is 1. The molecule has 1 N–H and O–H groups in total. The second kappa shape index (κ2) is 8.25. The molecular formula is C25H25BrN2O5. The van der Waals surface area contributed by atoms with Gasteiger partial charge in [-0.3, -0.25) is 9.59 Å². The molecule has 0 amide bonds. The Bertz CT molecular complexity index is 1350. The third kappa shape index (κ3) is 3.56.